The second-order valence-electron chi connectivity index (χ2n) is 5.59. The van der Waals surface area contributed by atoms with Gasteiger partial charge >= 0.3 is 0 Å². The molecule has 25 heavy (non-hydrogen) atoms. The minimum atomic E-state index is -0.457. The summed E-state index contributed by atoms with van der Waals surface area (Å²) in [6, 6.07) is 13.7. The topological polar surface area (TPSA) is 79.8 Å². The third-order valence-electron chi connectivity index (χ3n) is 3.73. The molecular formula is C18H19N3O3S. The van der Waals surface area contributed by atoms with Crippen molar-refractivity contribution in [3.63, 3.8) is 0 Å². The van der Waals surface area contributed by atoms with Crippen LogP contribution in [0.5, 0.6) is 0 Å². The molecule has 0 bridgehead atoms. The van der Waals surface area contributed by atoms with Crippen LogP contribution >= 0.6 is 11.8 Å². The fourth-order valence-electron chi connectivity index (χ4n) is 2.50. The van der Waals surface area contributed by atoms with E-state index >= 15 is 0 Å². The van der Waals surface area contributed by atoms with Gasteiger partial charge in [0.1, 0.15) is 5.25 Å². The van der Waals surface area contributed by atoms with Gasteiger partial charge in [0.2, 0.25) is 11.8 Å². The second kappa shape index (κ2) is 8.13. The van der Waals surface area contributed by atoms with Crippen molar-refractivity contribution in [1.82, 2.24) is 5.32 Å². The molecule has 1 heterocycles. The molecule has 2 N–H and O–H groups in total. The number of aliphatic imine (C=N–C) groups is 1. The predicted octanol–water partition coefficient (Wildman–Crippen LogP) is 2.40. The lowest BCUT2D eigenvalue weighted by atomic mass is 10.1. The van der Waals surface area contributed by atoms with Crippen LogP contribution in [0.3, 0.4) is 0 Å². The van der Waals surface area contributed by atoms with Crippen molar-refractivity contribution in [3.05, 3.63) is 42.5 Å². The van der Waals surface area contributed by atoms with Crippen LogP contribution in [0.15, 0.2) is 47.5 Å². The number of hydrogen-bond donors (Lipinski definition) is 2. The van der Waals surface area contributed by atoms with Gasteiger partial charge in [-0.2, -0.15) is 0 Å². The lowest BCUT2D eigenvalue weighted by Crippen LogP contribution is -2.28. The van der Waals surface area contributed by atoms with Gasteiger partial charge in [0.25, 0.3) is 0 Å². The van der Waals surface area contributed by atoms with Crippen molar-refractivity contribution in [2.75, 3.05) is 25.6 Å². The summed E-state index contributed by atoms with van der Waals surface area (Å²) >= 11 is 1.28. The normalized spacial score (nSPS) is 18.5. The number of amides is 2. The van der Waals surface area contributed by atoms with Gasteiger partial charge in [-0.05, 0) is 22.9 Å². The van der Waals surface area contributed by atoms with Gasteiger partial charge < -0.3 is 15.4 Å². The molecule has 1 saturated heterocycles. The Morgan fingerprint density at radius 3 is 2.88 bits per heavy atom. The summed E-state index contributed by atoms with van der Waals surface area (Å²) in [6.07, 6.45) is 0.104. The first kappa shape index (κ1) is 17.4. The Morgan fingerprint density at radius 2 is 2.08 bits per heavy atom. The number of nitrogens with one attached hydrogen (secondary N) is 2. The minimum absolute atomic E-state index is 0.104. The molecule has 0 aliphatic carbocycles. The lowest BCUT2D eigenvalue weighted by molar-refractivity contribution is -0.122. The highest BCUT2D eigenvalue weighted by Gasteiger charge is 2.31. The highest BCUT2D eigenvalue weighted by Crippen LogP contribution is 2.24. The number of hydrogen-bond acceptors (Lipinski definition) is 5. The summed E-state index contributed by atoms with van der Waals surface area (Å²) < 4.78 is 4.92. The van der Waals surface area contributed by atoms with E-state index in [0.29, 0.717) is 18.3 Å². The highest BCUT2D eigenvalue weighted by atomic mass is 32.2. The van der Waals surface area contributed by atoms with Crippen LogP contribution in [0.4, 0.5) is 5.69 Å². The quantitative estimate of drug-likeness (QED) is 0.778. The SMILES string of the molecule is COCCN=C1NC(=O)[C@H](CC(=O)Nc2ccc3ccccc3c2)S1. The molecule has 2 aromatic carbocycles. The maximum absolute atomic E-state index is 12.3. The number of benzene rings is 2. The molecule has 1 aliphatic rings. The van der Waals surface area contributed by atoms with Gasteiger partial charge in [-0.1, -0.05) is 42.1 Å². The van der Waals surface area contributed by atoms with E-state index in [0.717, 1.165) is 16.5 Å². The van der Waals surface area contributed by atoms with Crippen LogP contribution < -0.4 is 10.6 Å². The Bertz CT molecular complexity index is 822. The van der Waals surface area contributed by atoms with E-state index < -0.39 is 5.25 Å². The highest BCUT2D eigenvalue weighted by molar-refractivity contribution is 8.15. The molecule has 0 aromatic heterocycles. The first-order valence-corrected chi connectivity index (χ1v) is 8.83. The van der Waals surface area contributed by atoms with Crippen LogP contribution in [-0.2, 0) is 14.3 Å². The average Bonchev–Trinajstić information content (AvgIpc) is 2.94. The van der Waals surface area contributed by atoms with Crippen molar-refractivity contribution in [2.45, 2.75) is 11.7 Å². The van der Waals surface area contributed by atoms with Gasteiger partial charge in [0.05, 0.1) is 13.2 Å². The number of carbonyl (C=O) groups excluding carboxylic acids is 2. The number of fused-ring (bicyclic) bond motifs is 1. The molecule has 1 atom stereocenters. The zero-order valence-electron chi connectivity index (χ0n) is 13.8. The second-order valence-corrected chi connectivity index (χ2v) is 6.78. The van der Waals surface area contributed by atoms with E-state index in [-0.39, 0.29) is 18.2 Å². The van der Waals surface area contributed by atoms with Crippen molar-refractivity contribution in [2.24, 2.45) is 4.99 Å². The molecule has 1 aliphatic heterocycles. The largest absolute Gasteiger partial charge is 0.383 e. The molecule has 2 aromatic rings. The fourth-order valence-corrected chi connectivity index (χ4v) is 3.50. The zero-order valence-corrected chi connectivity index (χ0v) is 14.6. The Hall–Kier alpha value is -2.38. The molecule has 2 amide bonds. The minimum Gasteiger partial charge on any atom is -0.383 e. The first-order chi connectivity index (χ1) is 12.2. The van der Waals surface area contributed by atoms with Crippen molar-refractivity contribution in [3.8, 4) is 0 Å². The molecule has 130 valence electrons. The van der Waals surface area contributed by atoms with E-state index in [1.807, 2.05) is 42.5 Å². The number of carbonyl (C=O) groups is 2. The average molecular weight is 357 g/mol. The number of anilines is 1. The van der Waals surface area contributed by atoms with Crippen molar-refractivity contribution in [1.29, 1.82) is 0 Å². The molecule has 3 rings (SSSR count). The number of methoxy groups -OCH3 is 1. The van der Waals surface area contributed by atoms with Gasteiger partial charge in [-0.3, -0.25) is 14.6 Å². The van der Waals surface area contributed by atoms with Crippen LogP contribution in [0.25, 0.3) is 10.8 Å². The van der Waals surface area contributed by atoms with E-state index in [9.17, 15) is 9.59 Å². The summed E-state index contributed by atoms with van der Waals surface area (Å²) in [7, 11) is 1.60. The summed E-state index contributed by atoms with van der Waals surface area (Å²) in [6.45, 7) is 0.974. The van der Waals surface area contributed by atoms with Crippen LogP contribution in [0.1, 0.15) is 6.42 Å². The standard InChI is InChI=1S/C18H19N3O3S/c1-24-9-8-19-18-21-17(23)15(25-18)11-16(22)20-14-7-6-12-4-2-3-5-13(12)10-14/h2-7,10,15H,8-9,11H2,1H3,(H,20,22)(H,19,21,23)/t15-/m0/s1. The number of thioether (sulfide) groups is 1. The molecule has 7 heteroatoms. The Labute approximate surface area is 150 Å². The lowest BCUT2D eigenvalue weighted by Gasteiger charge is -2.08. The van der Waals surface area contributed by atoms with Gasteiger partial charge in [-0.15, -0.1) is 0 Å². The van der Waals surface area contributed by atoms with E-state index in [4.69, 9.17) is 4.74 Å². The fraction of sp³-hybridized carbons (Fsp3) is 0.278. The molecule has 1 fully saturated rings. The molecule has 0 unspecified atom stereocenters. The predicted molar refractivity (Wildman–Crippen MR) is 101 cm³/mol. The van der Waals surface area contributed by atoms with Gasteiger partial charge in [-0.25, -0.2) is 0 Å². The molecule has 0 spiro atoms. The third-order valence-corrected chi connectivity index (χ3v) is 4.85. The summed E-state index contributed by atoms with van der Waals surface area (Å²) in [5.74, 6) is -0.379. The number of nitrogens with zero attached hydrogens (tertiary/aromatic N) is 1. The molecule has 0 radical (unpaired) electrons. The molecule has 6 nitrogen and oxygen atoms in total. The maximum Gasteiger partial charge on any atom is 0.240 e. The van der Waals surface area contributed by atoms with E-state index in [1.54, 1.807) is 7.11 Å². The van der Waals surface area contributed by atoms with Crippen molar-refractivity contribution < 1.29 is 14.3 Å². The Balaban J connectivity index is 1.58. The number of rotatable bonds is 6. The summed E-state index contributed by atoms with van der Waals surface area (Å²) in [4.78, 5) is 28.4. The summed E-state index contributed by atoms with van der Waals surface area (Å²) in [5, 5.41) is 7.81. The first-order valence-electron chi connectivity index (χ1n) is 7.95. The van der Waals surface area contributed by atoms with E-state index in [1.165, 1.54) is 11.8 Å². The van der Waals surface area contributed by atoms with Gasteiger partial charge in [0.15, 0.2) is 5.17 Å². The number of ether oxygens (including phenoxy) is 1. The Morgan fingerprint density at radius 1 is 1.28 bits per heavy atom. The third kappa shape index (κ3) is 4.58. The van der Waals surface area contributed by atoms with Crippen molar-refractivity contribution >= 4 is 45.2 Å². The zero-order chi connectivity index (χ0) is 17.6. The molecule has 0 saturated carbocycles. The molecular weight excluding hydrogens is 338 g/mol. The summed E-state index contributed by atoms with van der Waals surface area (Å²) in [5.41, 5.74) is 0.723. The maximum atomic E-state index is 12.3. The van der Waals surface area contributed by atoms with Crippen LogP contribution in [-0.4, -0.2) is 42.5 Å². The smallest absolute Gasteiger partial charge is 0.240 e. The monoisotopic (exact) mass is 357 g/mol. The van der Waals surface area contributed by atoms with Crippen LogP contribution in [0.2, 0.25) is 0 Å². The number of amidine groups is 1. The van der Waals surface area contributed by atoms with E-state index in [2.05, 4.69) is 15.6 Å². The Kier molecular flexibility index (Phi) is 5.67. The van der Waals surface area contributed by atoms with Gasteiger partial charge in [0, 0.05) is 19.2 Å². The van der Waals surface area contributed by atoms with Crippen LogP contribution in [0, 0.1) is 0 Å².